The van der Waals surface area contributed by atoms with E-state index in [0.29, 0.717) is 17.0 Å². The number of ether oxygens (including phenoxy) is 1. The van der Waals surface area contributed by atoms with E-state index in [1.165, 1.54) is 17.9 Å². The number of aromatic nitrogens is 2. The van der Waals surface area contributed by atoms with Crippen LogP contribution in [0.2, 0.25) is 0 Å². The summed E-state index contributed by atoms with van der Waals surface area (Å²) in [4.78, 5) is 10.9. The molecule has 19 heavy (non-hydrogen) atoms. The third kappa shape index (κ3) is 2.24. The molecule has 0 saturated carbocycles. The lowest BCUT2D eigenvalue weighted by molar-refractivity contribution is 0.0689. The highest BCUT2D eigenvalue weighted by molar-refractivity contribution is 5.87. The summed E-state index contributed by atoms with van der Waals surface area (Å²) in [6, 6.07) is 4.87. The quantitative estimate of drug-likeness (QED) is 0.881. The van der Waals surface area contributed by atoms with E-state index in [-0.39, 0.29) is 11.4 Å². The van der Waals surface area contributed by atoms with E-state index in [4.69, 9.17) is 9.84 Å². The molecule has 0 amide bonds. The molecule has 6 heteroatoms. The summed E-state index contributed by atoms with van der Waals surface area (Å²) < 4.78 is 6.50. The normalized spacial score (nSPS) is 10.5. The number of carboxylic acids is 1. The van der Waals surface area contributed by atoms with Crippen molar-refractivity contribution in [3.05, 3.63) is 29.5 Å². The van der Waals surface area contributed by atoms with E-state index in [9.17, 15) is 9.90 Å². The van der Waals surface area contributed by atoms with Gasteiger partial charge in [-0.25, -0.2) is 4.79 Å². The van der Waals surface area contributed by atoms with Gasteiger partial charge in [-0.05, 0) is 30.7 Å². The van der Waals surface area contributed by atoms with Gasteiger partial charge in [0.05, 0.1) is 12.8 Å². The lowest BCUT2D eigenvalue weighted by Gasteiger charge is -2.10. The maximum atomic E-state index is 10.9. The number of aromatic carboxylic acids is 1. The lowest BCUT2D eigenvalue weighted by Crippen LogP contribution is -1.99. The molecular formula is C13H14N2O4. The topological polar surface area (TPSA) is 84.6 Å². The minimum absolute atomic E-state index is 0.0342. The van der Waals surface area contributed by atoms with Crippen molar-refractivity contribution in [2.24, 2.45) is 7.05 Å². The Balaban J connectivity index is 2.65. The molecule has 0 aliphatic heterocycles. The number of phenols is 1. The van der Waals surface area contributed by atoms with Gasteiger partial charge in [-0.2, -0.15) is 5.10 Å². The SMILES string of the molecule is COc1cc(C)cc(-c2cc(C(=O)O)nn2C)c1O. The monoisotopic (exact) mass is 262 g/mol. The van der Waals surface area contributed by atoms with E-state index in [0.717, 1.165) is 5.56 Å². The molecule has 0 radical (unpaired) electrons. The van der Waals surface area contributed by atoms with Gasteiger partial charge in [0.2, 0.25) is 0 Å². The summed E-state index contributed by atoms with van der Waals surface area (Å²) >= 11 is 0. The molecule has 0 unspecified atom stereocenters. The summed E-state index contributed by atoms with van der Waals surface area (Å²) in [7, 11) is 3.08. The highest BCUT2D eigenvalue weighted by Crippen LogP contribution is 2.38. The van der Waals surface area contributed by atoms with Crippen molar-refractivity contribution in [3.63, 3.8) is 0 Å². The molecule has 1 aromatic heterocycles. The maximum absolute atomic E-state index is 10.9. The number of phenolic OH excluding ortho intramolecular Hbond substituents is 1. The molecular weight excluding hydrogens is 248 g/mol. The van der Waals surface area contributed by atoms with Gasteiger partial charge in [0.15, 0.2) is 17.2 Å². The maximum Gasteiger partial charge on any atom is 0.356 e. The van der Waals surface area contributed by atoms with Crippen molar-refractivity contribution >= 4 is 5.97 Å². The number of aromatic hydroxyl groups is 1. The Labute approximate surface area is 109 Å². The summed E-state index contributed by atoms with van der Waals surface area (Å²) in [5.74, 6) is -0.804. The molecule has 0 saturated heterocycles. The first-order valence-electron chi connectivity index (χ1n) is 5.59. The Kier molecular flexibility index (Phi) is 3.16. The molecule has 2 N–H and O–H groups in total. The zero-order valence-electron chi connectivity index (χ0n) is 10.8. The summed E-state index contributed by atoms with van der Waals surface area (Å²) in [6.07, 6.45) is 0. The summed E-state index contributed by atoms with van der Waals surface area (Å²) in [5, 5.41) is 22.9. The molecule has 0 bridgehead atoms. The fourth-order valence-electron chi connectivity index (χ4n) is 1.92. The van der Waals surface area contributed by atoms with Crippen LogP contribution >= 0.6 is 0 Å². The summed E-state index contributed by atoms with van der Waals surface area (Å²) in [5.41, 5.74) is 1.82. The van der Waals surface area contributed by atoms with Crippen molar-refractivity contribution in [2.45, 2.75) is 6.92 Å². The minimum Gasteiger partial charge on any atom is -0.504 e. The number of aryl methyl sites for hydroxylation is 2. The van der Waals surface area contributed by atoms with Crippen LogP contribution in [-0.4, -0.2) is 33.1 Å². The standard InChI is InChI=1S/C13H14N2O4/c1-7-4-8(12(16)11(5-7)19-3)10-6-9(13(17)18)14-15(10)2/h4-6,16H,1-3H3,(H,17,18). The molecule has 0 spiro atoms. The molecule has 0 atom stereocenters. The number of nitrogens with zero attached hydrogens (tertiary/aromatic N) is 2. The Morgan fingerprint density at radius 3 is 2.58 bits per heavy atom. The van der Waals surface area contributed by atoms with Crippen LogP contribution in [0.15, 0.2) is 18.2 Å². The first-order chi connectivity index (χ1) is 8.93. The first-order valence-corrected chi connectivity index (χ1v) is 5.59. The predicted molar refractivity (Wildman–Crippen MR) is 68.6 cm³/mol. The van der Waals surface area contributed by atoms with Crippen molar-refractivity contribution in [1.29, 1.82) is 0 Å². The van der Waals surface area contributed by atoms with Gasteiger partial charge >= 0.3 is 5.97 Å². The Morgan fingerprint density at radius 1 is 1.37 bits per heavy atom. The van der Waals surface area contributed by atoms with Crippen molar-refractivity contribution in [2.75, 3.05) is 7.11 Å². The molecule has 2 aromatic rings. The van der Waals surface area contributed by atoms with Crippen LogP contribution in [-0.2, 0) is 7.05 Å². The molecule has 100 valence electrons. The Hall–Kier alpha value is -2.50. The molecule has 1 aromatic carbocycles. The average Bonchev–Trinajstić information content (AvgIpc) is 2.74. The van der Waals surface area contributed by atoms with Gasteiger partial charge in [0, 0.05) is 12.6 Å². The fourth-order valence-corrected chi connectivity index (χ4v) is 1.92. The van der Waals surface area contributed by atoms with Crippen LogP contribution in [0.25, 0.3) is 11.3 Å². The van der Waals surface area contributed by atoms with E-state index < -0.39 is 5.97 Å². The van der Waals surface area contributed by atoms with E-state index in [1.54, 1.807) is 19.2 Å². The number of benzene rings is 1. The zero-order valence-corrected chi connectivity index (χ0v) is 10.8. The zero-order chi connectivity index (χ0) is 14.2. The van der Waals surface area contributed by atoms with E-state index >= 15 is 0 Å². The highest BCUT2D eigenvalue weighted by atomic mass is 16.5. The predicted octanol–water partition coefficient (Wildman–Crippen LogP) is 1.81. The second kappa shape index (κ2) is 4.64. The molecule has 2 rings (SSSR count). The van der Waals surface area contributed by atoms with E-state index in [1.807, 2.05) is 6.92 Å². The first kappa shape index (κ1) is 12.9. The van der Waals surface area contributed by atoms with Gasteiger partial charge in [0.25, 0.3) is 0 Å². The van der Waals surface area contributed by atoms with Gasteiger partial charge in [-0.3, -0.25) is 4.68 Å². The van der Waals surface area contributed by atoms with Crippen molar-refractivity contribution < 1.29 is 19.7 Å². The van der Waals surface area contributed by atoms with Crippen LogP contribution in [0.4, 0.5) is 0 Å². The highest BCUT2D eigenvalue weighted by Gasteiger charge is 2.17. The largest absolute Gasteiger partial charge is 0.504 e. The van der Waals surface area contributed by atoms with Crippen LogP contribution < -0.4 is 4.74 Å². The number of hydrogen-bond donors (Lipinski definition) is 2. The van der Waals surface area contributed by atoms with Gasteiger partial charge < -0.3 is 14.9 Å². The Bertz CT molecular complexity index is 646. The van der Waals surface area contributed by atoms with Crippen LogP contribution in [0.1, 0.15) is 16.1 Å². The third-order valence-corrected chi connectivity index (χ3v) is 2.81. The van der Waals surface area contributed by atoms with Crippen molar-refractivity contribution in [1.82, 2.24) is 9.78 Å². The number of carboxylic acid groups (broad SMARTS) is 1. The molecule has 6 nitrogen and oxygen atoms in total. The number of hydrogen-bond acceptors (Lipinski definition) is 4. The molecule has 0 fully saturated rings. The number of rotatable bonds is 3. The third-order valence-electron chi connectivity index (χ3n) is 2.81. The molecule has 1 heterocycles. The number of methoxy groups -OCH3 is 1. The smallest absolute Gasteiger partial charge is 0.356 e. The molecule has 0 aliphatic carbocycles. The van der Waals surface area contributed by atoms with E-state index in [2.05, 4.69) is 5.10 Å². The lowest BCUT2D eigenvalue weighted by atomic mass is 10.1. The minimum atomic E-state index is -1.11. The van der Waals surface area contributed by atoms with Gasteiger partial charge in [-0.15, -0.1) is 0 Å². The average molecular weight is 262 g/mol. The fraction of sp³-hybridized carbons (Fsp3) is 0.231. The number of carbonyl (C=O) groups is 1. The second-order valence-electron chi connectivity index (χ2n) is 4.21. The Morgan fingerprint density at radius 2 is 2.05 bits per heavy atom. The van der Waals surface area contributed by atoms with Crippen LogP contribution in [0.5, 0.6) is 11.5 Å². The van der Waals surface area contributed by atoms with Crippen LogP contribution in [0.3, 0.4) is 0 Å². The summed E-state index contributed by atoms with van der Waals surface area (Å²) in [6.45, 7) is 1.86. The van der Waals surface area contributed by atoms with Gasteiger partial charge in [0.1, 0.15) is 0 Å². The van der Waals surface area contributed by atoms with Crippen LogP contribution in [0, 0.1) is 6.92 Å². The molecule has 0 aliphatic rings. The second-order valence-corrected chi connectivity index (χ2v) is 4.21. The van der Waals surface area contributed by atoms with Gasteiger partial charge in [-0.1, -0.05) is 0 Å². The van der Waals surface area contributed by atoms with Crippen molar-refractivity contribution in [3.8, 4) is 22.8 Å².